The minimum Gasteiger partial charge on any atom is -0.314 e. The Morgan fingerprint density at radius 1 is 0.944 bits per heavy atom. The second-order valence-electron chi connectivity index (χ2n) is 6.56. The fourth-order valence-electron chi connectivity index (χ4n) is 3.69. The normalized spacial score (nSPS) is 23.0. The minimum absolute atomic E-state index is 0.841. The van der Waals surface area contributed by atoms with Gasteiger partial charge in [0.1, 0.15) is 0 Å². The van der Waals surface area contributed by atoms with Crippen molar-refractivity contribution in [2.24, 2.45) is 5.92 Å². The molecule has 1 N–H and O–H groups in total. The summed E-state index contributed by atoms with van der Waals surface area (Å²) in [5.74, 6) is 0.992. The van der Waals surface area contributed by atoms with Crippen molar-refractivity contribution in [3.05, 3.63) is 0 Å². The molecule has 0 atom stereocenters. The average Bonchev–Trinajstić information content (AvgIpc) is 2.89. The van der Waals surface area contributed by atoms with Crippen LogP contribution < -0.4 is 5.32 Å². The maximum Gasteiger partial charge on any atom is 0.00670 e. The zero-order valence-corrected chi connectivity index (χ0v) is 12.3. The van der Waals surface area contributed by atoms with Crippen molar-refractivity contribution in [1.29, 1.82) is 0 Å². The van der Waals surface area contributed by atoms with E-state index in [0.29, 0.717) is 0 Å². The fraction of sp³-hybridized carbons (Fsp3) is 1.00. The summed E-state index contributed by atoms with van der Waals surface area (Å²) in [5, 5.41) is 3.71. The zero-order valence-electron chi connectivity index (χ0n) is 12.3. The summed E-state index contributed by atoms with van der Waals surface area (Å²) < 4.78 is 0. The highest BCUT2D eigenvalue weighted by Crippen LogP contribution is 2.24. The summed E-state index contributed by atoms with van der Waals surface area (Å²) in [6.07, 6.45) is 14.4. The maximum atomic E-state index is 3.71. The molecule has 0 saturated heterocycles. The molecule has 2 fully saturated rings. The van der Waals surface area contributed by atoms with E-state index in [2.05, 4.69) is 17.3 Å². The minimum atomic E-state index is 0.841. The molecular formula is C16H32N2. The fourth-order valence-corrected chi connectivity index (χ4v) is 3.69. The first kappa shape index (κ1) is 14.3. The van der Waals surface area contributed by atoms with Gasteiger partial charge in [-0.15, -0.1) is 0 Å². The second-order valence-corrected chi connectivity index (χ2v) is 6.56. The molecule has 0 radical (unpaired) electrons. The van der Waals surface area contributed by atoms with Gasteiger partial charge < -0.3 is 10.2 Å². The summed E-state index contributed by atoms with van der Waals surface area (Å²) in [4.78, 5) is 2.56. The van der Waals surface area contributed by atoms with E-state index in [1.54, 1.807) is 0 Å². The van der Waals surface area contributed by atoms with Crippen molar-refractivity contribution in [2.75, 3.05) is 26.7 Å². The topological polar surface area (TPSA) is 15.3 Å². The molecule has 18 heavy (non-hydrogen) atoms. The van der Waals surface area contributed by atoms with E-state index in [4.69, 9.17) is 0 Å². The monoisotopic (exact) mass is 252 g/mol. The van der Waals surface area contributed by atoms with E-state index in [1.165, 1.54) is 83.8 Å². The lowest BCUT2D eigenvalue weighted by molar-refractivity contribution is 0.230. The number of rotatable bonds is 7. The third kappa shape index (κ3) is 5.27. The quantitative estimate of drug-likeness (QED) is 0.698. The Kier molecular flexibility index (Phi) is 6.50. The van der Waals surface area contributed by atoms with Crippen molar-refractivity contribution < 1.29 is 0 Å². The van der Waals surface area contributed by atoms with Gasteiger partial charge in [-0.25, -0.2) is 0 Å². The van der Waals surface area contributed by atoms with Crippen LogP contribution in [0.25, 0.3) is 0 Å². The van der Waals surface area contributed by atoms with Crippen molar-refractivity contribution in [3.8, 4) is 0 Å². The Bertz CT molecular complexity index is 205. The Morgan fingerprint density at radius 3 is 2.33 bits per heavy atom. The summed E-state index contributed by atoms with van der Waals surface area (Å²) in [6, 6.07) is 0.841. The van der Waals surface area contributed by atoms with Gasteiger partial charge in [0.2, 0.25) is 0 Å². The molecule has 0 unspecified atom stereocenters. The molecule has 106 valence electrons. The van der Waals surface area contributed by atoms with Crippen LogP contribution >= 0.6 is 0 Å². The van der Waals surface area contributed by atoms with Crippen LogP contribution in [0, 0.1) is 5.92 Å². The van der Waals surface area contributed by atoms with Gasteiger partial charge in [0.15, 0.2) is 0 Å². The molecule has 0 amide bonds. The van der Waals surface area contributed by atoms with Crippen LogP contribution in [0.2, 0.25) is 0 Å². The largest absolute Gasteiger partial charge is 0.314 e. The van der Waals surface area contributed by atoms with E-state index in [-0.39, 0.29) is 0 Å². The van der Waals surface area contributed by atoms with Gasteiger partial charge in [-0.1, -0.05) is 32.1 Å². The summed E-state index contributed by atoms with van der Waals surface area (Å²) >= 11 is 0. The molecule has 2 heteroatoms. The Morgan fingerprint density at radius 2 is 1.61 bits per heavy atom. The lowest BCUT2D eigenvalue weighted by atomic mass is 9.89. The summed E-state index contributed by atoms with van der Waals surface area (Å²) in [6.45, 7) is 3.83. The smallest absolute Gasteiger partial charge is 0.00670 e. The highest BCUT2D eigenvalue weighted by molar-refractivity contribution is 4.74. The molecule has 0 spiro atoms. The Labute approximate surface area is 114 Å². The van der Waals surface area contributed by atoms with Gasteiger partial charge in [-0.2, -0.15) is 0 Å². The molecule has 0 aromatic rings. The lowest BCUT2D eigenvalue weighted by Gasteiger charge is -2.27. The molecule has 0 heterocycles. The van der Waals surface area contributed by atoms with Crippen LogP contribution in [-0.4, -0.2) is 37.6 Å². The first-order valence-electron chi connectivity index (χ1n) is 8.26. The summed E-state index contributed by atoms with van der Waals surface area (Å²) in [7, 11) is 2.31. The maximum absolute atomic E-state index is 3.71. The SMILES string of the molecule is CN(CCCNC1CCCC1)CC1CCCCC1. The van der Waals surface area contributed by atoms with E-state index < -0.39 is 0 Å². The lowest BCUT2D eigenvalue weighted by Crippen LogP contribution is -2.32. The van der Waals surface area contributed by atoms with Crippen molar-refractivity contribution in [1.82, 2.24) is 10.2 Å². The van der Waals surface area contributed by atoms with Crippen molar-refractivity contribution in [3.63, 3.8) is 0 Å². The Balaban J connectivity index is 1.47. The molecule has 2 rings (SSSR count). The molecule has 0 bridgehead atoms. The van der Waals surface area contributed by atoms with Crippen LogP contribution in [0.4, 0.5) is 0 Å². The van der Waals surface area contributed by atoms with Gasteiger partial charge >= 0.3 is 0 Å². The van der Waals surface area contributed by atoms with Crippen LogP contribution in [0.15, 0.2) is 0 Å². The third-order valence-electron chi connectivity index (χ3n) is 4.80. The number of hydrogen-bond donors (Lipinski definition) is 1. The molecule has 0 aliphatic heterocycles. The number of nitrogens with zero attached hydrogens (tertiary/aromatic N) is 1. The van der Waals surface area contributed by atoms with E-state index in [0.717, 1.165) is 12.0 Å². The highest BCUT2D eigenvalue weighted by Gasteiger charge is 2.16. The molecule has 0 aromatic heterocycles. The molecular weight excluding hydrogens is 220 g/mol. The van der Waals surface area contributed by atoms with Gasteiger partial charge in [-0.05, 0) is 58.2 Å². The van der Waals surface area contributed by atoms with E-state index in [9.17, 15) is 0 Å². The van der Waals surface area contributed by atoms with Crippen LogP contribution in [0.1, 0.15) is 64.2 Å². The van der Waals surface area contributed by atoms with E-state index in [1.807, 2.05) is 0 Å². The first-order valence-corrected chi connectivity index (χ1v) is 8.26. The van der Waals surface area contributed by atoms with Crippen LogP contribution in [0.3, 0.4) is 0 Å². The average molecular weight is 252 g/mol. The predicted octanol–water partition coefficient (Wildman–Crippen LogP) is 3.42. The van der Waals surface area contributed by atoms with E-state index >= 15 is 0 Å². The zero-order chi connectivity index (χ0) is 12.6. The highest BCUT2D eigenvalue weighted by atomic mass is 15.1. The molecule has 2 aliphatic carbocycles. The van der Waals surface area contributed by atoms with Crippen molar-refractivity contribution in [2.45, 2.75) is 70.3 Å². The molecule has 2 aliphatic rings. The van der Waals surface area contributed by atoms with Crippen LogP contribution in [0.5, 0.6) is 0 Å². The second kappa shape index (κ2) is 8.16. The molecule has 0 aromatic carbocycles. The molecule has 2 saturated carbocycles. The van der Waals surface area contributed by atoms with Gasteiger partial charge in [0.25, 0.3) is 0 Å². The van der Waals surface area contributed by atoms with Crippen molar-refractivity contribution >= 4 is 0 Å². The molecule has 2 nitrogen and oxygen atoms in total. The number of hydrogen-bond acceptors (Lipinski definition) is 2. The van der Waals surface area contributed by atoms with Gasteiger partial charge in [-0.3, -0.25) is 0 Å². The summed E-state index contributed by atoms with van der Waals surface area (Å²) in [5.41, 5.74) is 0. The first-order chi connectivity index (χ1) is 8.84. The predicted molar refractivity (Wildman–Crippen MR) is 78.9 cm³/mol. The number of nitrogens with one attached hydrogen (secondary N) is 1. The van der Waals surface area contributed by atoms with Gasteiger partial charge in [0.05, 0.1) is 0 Å². The van der Waals surface area contributed by atoms with Crippen LogP contribution in [-0.2, 0) is 0 Å². The standard InChI is InChI=1S/C16H32N2/c1-18(14-15-8-3-2-4-9-15)13-7-12-17-16-10-5-6-11-16/h15-17H,2-14H2,1H3. The Hall–Kier alpha value is -0.0800. The van der Waals surface area contributed by atoms with Gasteiger partial charge in [0, 0.05) is 12.6 Å². The third-order valence-corrected chi connectivity index (χ3v) is 4.80.